The summed E-state index contributed by atoms with van der Waals surface area (Å²) in [5.74, 6) is -0.0100. The number of hydrazone groups is 1. The molecule has 4 rings (SSSR count). The lowest BCUT2D eigenvalue weighted by Gasteiger charge is -2.17. The molecule has 1 aliphatic rings. The number of carbonyl (C=O) groups is 1. The summed E-state index contributed by atoms with van der Waals surface area (Å²) in [5, 5.41) is 16.5. The highest BCUT2D eigenvalue weighted by Gasteiger charge is 2.34. The van der Waals surface area contributed by atoms with Crippen molar-refractivity contribution in [2.24, 2.45) is 5.10 Å². The van der Waals surface area contributed by atoms with Gasteiger partial charge in [0.05, 0.1) is 20.7 Å². The molecule has 31 heavy (non-hydrogen) atoms. The topological polar surface area (TPSA) is 89.0 Å². The van der Waals surface area contributed by atoms with Gasteiger partial charge in [-0.2, -0.15) is 5.10 Å². The molecule has 10 heteroatoms. The number of nitrogens with zero attached hydrogens (tertiary/aromatic N) is 3. The smallest absolute Gasteiger partial charge is 0.269 e. The Morgan fingerprint density at radius 3 is 2.55 bits per heavy atom. The van der Waals surface area contributed by atoms with E-state index in [4.69, 9.17) is 27.6 Å². The van der Waals surface area contributed by atoms with Crippen molar-refractivity contribution in [3.8, 4) is 11.3 Å². The average Bonchev–Trinajstić information content (AvgIpc) is 3.38. The molecule has 0 N–H and O–H groups in total. The van der Waals surface area contributed by atoms with Gasteiger partial charge < -0.3 is 4.42 Å². The molecule has 0 spiro atoms. The summed E-state index contributed by atoms with van der Waals surface area (Å²) >= 11 is 12.0. The van der Waals surface area contributed by atoms with E-state index in [9.17, 15) is 19.3 Å². The molecule has 0 fully saturated rings. The van der Waals surface area contributed by atoms with Gasteiger partial charge in [0.25, 0.3) is 5.69 Å². The molecule has 1 aromatic heterocycles. The van der Waals surface area contributed by atoms with Crippen LogP contribution in [-0.4, -0.2) is 21.6 Å². The summed E-state index contributed by atoms with van der Waals surface area (Å²) in [5.41, 5.74) is 1.39. The van der Waals surface area contributed by atoms with E-state index in [1.165, 1.54) is 36.2 Å². The largest absolute Gasteiger partial charge is 0.459 e. The second kappa shape index (κ2) is 8.13. The summed E-state index contributed by atoms with van der Waals surface area (Å²) < 4.78 is 19.9. The van der Waals surface area contributed by atoms with Crippen molar-refractivity contribution in [3.63, 3.8) is 0 Å². The first-order valence-electron chi connectivity index (χ1n) is 9.11. The first-order valence-corrected chi connectivity index (χ1v) is 9.87. The Morgan fingerprint density at radius 1 is 1.19 bits per heavy atom. The molecule has 158 valence electrons. The first kappa shape index (κ1) is 21.0. The lowest BCUT2D eigenvalue weighted by molar-refractivity contribution is -0.384. The van der Waals surface area contributed by atoms with Gasteiger partial charge in [-0.15, -0.1) is 0 Å². The molecular formula is C21H14Cl2FN3O4. The van der Waals surface area contributed by atoms with Gasteiger partial charge >= 0.3 is 0 Å². The minimum absolute atomic E-state index is 0.0285. The molecule has 1 aliphatic heterocycles. The van der Waals surface area contributed by atoms with Crippen molar-refractivity contribution in [3.05, 3.63) is 85.8 Å². The number of non-ortho nitro benzene ring substituents is 1. The highest BCUT2D eigenvalue weighted by molar-refractivity contribution is 6.37. The number of hydrogen-bond donors (Lipinski definition) is 0. The van der Waals surface area contributed by atoms with Gasteiger partial charge in [-0.25, -0.2) is 9.40 Å². The Labute approximate surface area is 185 Å². The van der Waals surface area contributed by atoms with Gasteiger partial charge in [-0.1, -0.05) is 23.2 Å². The summed E-state index contributed by atoms with van der Waals surface area (Å²) in [7, 11) is 0. The maximum Gasteiger partial charge on any atom is 0.269 e. The fourth-order valence-corrected chi connectivity index (χ4v) is 3.86. The second-order valence-electron chi connectivity index (χ2n) is 6.88. The van der Waals surface area contributed by atoms with Crippen LogP contribution in [0.15, 0.2) is 58.0 Å². The number of benzene rings is 2. The van der Waals surface area contributed by atoms with E-state index >= 15 is 0 Å². The van der Waals surface area contributed by atoms with Crippen LogP contribution < -0.4 is 0 Å². The number of nitro benzene ring substituents is 1. The average molecular weight is 462 g/mol. The zero-order chi connectivity index (χ0) is 22.3. The van der Waals surface area contributed by atoms with E-state index < -0.39 is 16.8 Å². The van der Waals surface area contributed by atoms with Gasteiger partial charge in [0, 0.05) is 36.6 Å². The van der Waals surface area contributed by atoms with Gasteiger partial charge in [0.15, 0.2) is 0 Å². The molecule has 0 radical (unpaired) electrons. The van der Waals surface area contributed by atoms with E-state index in [1.807, 2.05) is 0 Å². The van der Waals surface area contributed by atoms with Crippen LogP contribution in [-0.2, 0) is 4.79 Å². The van der Waals surface area contributed by atoms with Crippen molar-refractivity contribution in [2.75, 3.05) is 0 Å². The van der Waals surface area contributed by atoms with Crippen LogP contribution >= 0.6 is 23.2 Å². The minimum Gasteiger partial charge on any atom is -0.459 e. The van der Waals surface area contributed by atoms with E-state index in [2.05, 4.69) is 5.10 Å². The van der Waals surface area contributed by atoms with Crippen molar-refractivity contribution in [2.45, 2.75) is 19.4 Å². The van der Waals surface area contributed by atoms with Gasteiger partial charge in [-0.3, -0.25) is 14.9 Å². The fourth-order valence-electron chi connectivity index (χ4n) is 3.36. The van der Waals surface area contributed by atoms with E-state index in [1.54, 1.807) is 24.3 Å². The summed E-state index contributed by atoms with van der Waals surface area (Å²) in [6.45, 7) is 1.36. The molecule has 2 aromatic carbocycles. The highest BCUT2D eigenvalue weighted by Crippen LogP contribution is 2.37. The maximum atomic E-state index is 14.0. The predicted octanol–water partition coefficient (Wildman–Crippen LogP) is 6.00. The quantitative estimate of drug-likeness (QED) is 0.270. The lowest BCUT2D eigenvalue weighted by Crippen LogP contribution is -2.23. The molecule has 0 saturated carbocycles. The molecule has 7 nitrogen and oxygen atoms in total. The standard InChI is InChI=1S/C21H14Cl2FN3O4/c1-11(28)26-19(10-18(25-26)14-8-17(24)16(23)9-15(14)22)21-7-6-20(31-21)12-2-4-13(5-3-12)27(29)30/h2-9,19H,10H2,1H3/t19-/m1/s1. The van der Waals surface area contributed by atoms with Crippen molar-refractivity contribution < 1.29 is 18.5 Å². The third-order valence-electron chi connectivity index (χ3n) is 4.87. The number of rotatable bonds is 4. The molecule has 0 unspecified atom stereocenters. The Morgan fingerprint density at radius 2 is 1.90 bits per heavy atom. The number of carbonyl (C=O) groups excluding carboxylic acids is 1. The van der Waals surface area contributed by atoms with Crippen molar-refractivity contribution >= 4 is 40.5 Å². The van der Waals surface area contributed by atoms with Crippen molar-refractivity contribution in [1.82, 2.24) is 5.01 Å². The summed E-state index contributed by atoms with van der Waals surface area (Å²) in [6.07, 6.45) is 0.258. The SMILES string of the molecule is CC(=O)N1N=C(c2cc(F)c(Cl)cc2Cl)C[C@@H]1c1ccc(-c2ccc([N+](=O)[O-])cc2)o1. The Balaban J connectivity index is 1.64. The Hall–Kier alpha value is -3.23. The number of furan rings is 1. The monoisotopic (exact) mass is 461 g/mol. The molecule has 0 aliphatic carbocycles. The van der Waals surface area contributed by atoms with Crippen LogP contribution in [0.25, 0.3) is 11.3 Å². The summed E-state index contributed by atoms with van der Waals surface area (Å²) in [6, 6.07) is 11.3. The normalized spacial score (nSPS) is 15.8. The third-order valence-corrected chi connectivity index (χ3v) is 5.47. The first-order chi connectivity index (χ1) is 14.7. The summed E-state index contributed by atoms with van der Waals surface area (Å²) in [4.78, 5) is 22.5. The number of hydrogen-bond acceptors (Lipinski definition) is 5. The zero-order valence-electron chi connectivity index (χ0n) is 16.0. The number of nitro groups is 1. The third kappa shape index (κ3) is 4.04. The molecule has 0 saturated heterocycles. The molecule has 3 aromatic rings. The number of amides is 1. The molecule has 0 bridgehead atoms. The van der Waals surface area contributed by atoms with Crippen molar-refractivity contribution in [1.29, 1.82) is 0 Å². The molecular weight excluding hydrogens is 448 g/mol. The Bertz CT molecular complexity index is 1220. The zero-order valence-corrected chi connectivity index (χ0v) is 17.5. The highest BCUT2D eigenvalue weighted by atomic mass is 35.5. The number of halogens is 3. The maximum absolute atomic E-state index is 14.0. The van der Waals surface area contributed by atoms with E-state index in [-0.39, 0.29) is 28.1 Å². The van der Waals surface area contributed by atoms with Crippen LogP contribution in [0.3, 0.4) is 0 Å². The van der Waals surface area contributed by atoms with Gasteiger partial charge in [0.1, 0.15) is 23.4 Å². The van der Waals surface area contributed by atoms with E-state index in [0.717, 1.165) is 0 Å². The van der Waals surface area contributed by atoms with Crippen LogP contribution in [0.4, 0.5) is 10.1 Å². The Kier molecular flexibility index (Phi) is 5.51. The van der Waals surface area contributed by atoms with Gasteiger partial charge in [0.2, 0.25) is 5.91 Å². The van der Waals surface area contributed by atoms with Crippen LogP contribution in [0, 0.1) is 15.9 Å². The van der Waals surface area contributed by atoms with Gasteiger partial charge in [-0.05, 0) is 36.4 Å². The molecule has 1 atom stereocenters. The lowest BCUT2D eigenvalue weighted by atomic mass is 10.0. The fraction of sp³-hybridized carbons (Fsp3) is 0.143. The molecule has 1 amide bonds. The molecule has 2 heterocycles. The second-order valence-corrected chi connectivity index (χ2v) is 7.70. The van der Waals surface area contributed by atoms with Crippen LogP contribution in [0.1, 0.15) is 30.7 Å². The van der Waals surface area contributed by atoms with Crippen LogP contribution in [0.2, 0.25) is 10.0 Å². The van der Waals surface area contributed by atoms with Crippen LogP contribution in [0.5, 0.6) is 0 Å². The minimum atomic E-state index is -0.639. The van der Waals surface area contributed by atoms with E-state index in [0.29, 0.717) is 28.4 Å². The predicted molar refractivity (Wildman–Crippen MR) is 114 cm³/mol.